The first-order valence-corrected chi connectivity index (χ1v) is 12.2. The van der Waals surface area contributed by atoms with E-state index in [2.05, 4.69) is 20.8 Å². The zero-order valence-corrected chi connectivity index (χ0v) is 20.7. The zero-order chi connectivity index (χ0) is 25.3. The van der Waals surface area contributed by atoms with E-state index in [1.165, 1.54) is 17.3 Å². The highest BCUT2D eigenvalue weighted by atomic mass is 32.2. The van der Waals surface area contributed by atoms with Gasteiger partial charge in [-0.05, 0) is 48.4 Å². The van der Waals surface area contributed by atoms with Gasteiger partial charge in [0.2, 0.25) is 11.8 Å². The molecular formula is C27H26N4O4S. The third-order valence-corrected chi connectivity index (χ3v) is 6.34. The summed E-state index contributed by atoms with van der Waals surface area (Å²) in [6.07, 6.45) is 1.59. The van der Waals surface area contributed by atoms with Crippen molar-refractivity contribution in [3.8, 4) is 11.5 Å². The molecule has 1 heterocycles. The number of benzene rings is 3. The molecule has 1 fully saturated rings. The number of aryl methyl sites for hydroxylation is 1. The molecule has 0 aromatic heterocycles. The Balaban J connectivity index is 1.32. The van der Waals surface area contributed by atoms with Crippen molar-refractivity contribution in [3.63, 3.8) is 0 Å². The second kappa shape index (κ2) is 12.0. The Morgan fingerprint density at radius 1 is 1.08 bits per heavy atom. The first-order valence-electron chi connectivity index (χ1n) is 11.3. The summed E-state index contributed by atoms with van der Waals surface area (Å²) in [7, 11) is 1.58. The topological polar surface area (TPSA) is 101 Å². The minimum atomic E-state index is -0.562. The third kappa shape index (κ3) is 6.96. The standard InChI is InChI=1S/C27H26N4O4S/c1-18-8-10-19(11-9-18)17-35-22-13-12-20(14-23(22)34-2)16-28-31-27-30-26(33)24(36-27)15-25(32)29-21-6-4-3-5-7-21/h3-14,16,24H,15,17H2,1-2H3,(H,29,32)(H,30,31,33)/b28-16-/t24-/m1/s1. The number of nitrogens with zero attached hydrogens (tertiary/aromatic N) is 2. The largest absolute Gasteiger partial charge is 0.493 e. The molecular weight excluding hydrogens is 476 g/mol. The molecule has 0 unspecified atom stereocenters. The summed E-state index contributed by atoms with van der Waals surface area (Å²) in [6, 6.07) is 22.7. The molecule has 0 aliphatic carbocycles. The van der Waals surface area contributed by atoms with E-state index in [1.54, 1.807) is 31.5 Å². The number of methoxy groups -OCH3 is 1. The summed E-state index contributed by atoms with van der Waals surface area (Å²) in [6.45, 7) is 2.47. The van der Waals surface area contributed by atoms with Gasteiger partial charge in [0.05, 0.1) is 13.3 Å². The van der Waals surface area contributed by atoms with Crippen molar-refractivity contribution in [1.82, 2.24) is 5.32 Å². The Hall–Kier alpha value is -4.11. The Bertz CT molecular complexity index is 1280. The van der Waals surface area contributed by atoms with Crippen molar-refractivity contribution in [1.29, 1.82) is 0 Å². The van der Waals surface area contributed by atoms with E-state index in [0.717, 1.165) is 11.1 Å². The Kier molecular flexibility index (Phi) is 8.36. The summed E-state index contributed by atoms with van der Waals surface area (Å²) in [5, 5.41) is 13.4. The van der Waals surface area contributed by atoms with Crippen molar-refractivity contribution >= 4 is 40.6 Å². The molecule has 8 nitrogen and oxygen atoms in total. The van der Waals surface area contributed by atoms with Crippen molar-refractivity contribution in [2.24, 2.45) is 10.2 Å². The van der Waals surface area contributed by atoms with E-state index in [1.807, 2.05) is 61.5 Å². The van der Waals surface area contributed by atoms with Crippen molar-refractivity contribution in [3.05, 3.63) is 89.5 Å². The van der Waals surface area contributed by atoms with Gasteiger partial charge < -0.3 is 20.1 Å². The lowest BCUT2D eigenvalue weighted by Crippen LogP contribution is -2.28. The fraction of sp³-hybridized carbons (Fsp3) is 0.185. The average molecular weight is 503 g/mol. The predicted molar refractivity (Wildman–Crippen MR) is 143 cm³/mol. The summed E-state index contributed by atoms with van der Waals surface area (Å²) >= 11 is 1.18. The van der Waals surface area contributed by atoms with Crippen LogP contribution in [0.3, 0.4) is 0 Å². The fourth-order valence-electron chi connectivity index (χ4n) is 3.37. The molecule has 4 rings (SSSR count). The van der Waals surface area contributed by atoms with Gasteiger partial charge in [0.15, 0.2) is 16.7 Å². The summed E-state index contributed by atoms with van der Waals surface area (Å²) in [5.41, 5.74) is 3.71. The molecule has 1 saturated heterocycles. The monoisotopic (exact) mass is 502 g/mol. The maximum absolute atomic E-state index is 12.3. The van der Waals surface area contributed by atoms with Gasteiger partial charge in [-0.15, -0.1) is 5.10 Å². The molecule has 3 aromatic carbocycles. The highest BCUT2D eigenvalue weighted by Gasteiger charge is 2.32. The summed E-state index contributed by atoms with van der Waals surface area (Å²) in [5.74, 6) is 0.688. The van der Waals surface area contributed by atoms with Gasteiger partial charge in [0.1, 0.15) is 11.9 Å². The van der Waals surface area contributed by atoms with Crippen LogP contribution in [0.15, 0.2) is 83.0 Å². The number of nitrogens with one attached hydrogen (secondary N) is 2. The quantitative estimate of drug-likeness (QED) is 0.331. The number of carbonyl (C=O) groups is 2. The normalized spacial score (nSPS) is 16.2. The number of hydrogen-bond donors (Lipinski definition) is 2. The molecule has 184 valence electrons. The molecule has 0 bridgehead atoms. The Morgan fingerprint density at radius 2 is 1.86 bits per heavy atom. The molecule has 1 atom stereocenters. The number of anilines is 1. The van der Waals surface area contributed by atoms with Gasteiger partial charge in [-0.25, -0.2) is 0 Å². The lowest BCUT2D eigenvalue weighted by Gasteiger charge is -2.11. The SMILES string of the molecule is COc1cc(/C=N\N=C2\NC(=O)[C@@H](CC(=O)Nc3ccccc3)S2)ccc1OCc1ccc(C)cc1. The highest BCUT2D eigenvalue weighted by Crippen LogP contribution is 2.28. The van der Waals surface area contributed by atoms with Gasteiger partial charge in [-0.2, -0.15) is 5.10 Å². The Morgan fingerprint density at radius 3 is 2.61 bits per heavy atom. The van der Waals surface area contributed by atoms with Crippen LogP contribution in [0.5, 0.6) is 11.5 Å². The number of hydrogen-bond acceptors (Lipinski definition) is 7. The zero-order valence-electron chi connectivity index (χ0n) is 19.9. The molecule has 2 N–H and O–H groups in total. The number of amidine groups is 1. The molecule has 0 spiro atoms. The van der Waals surface area contributed by atoms with E-state index in [0.29, 0.717) is 29.0 Å². The van der Waals surface area contributed by atoms with Gasteiger partial charge >= 0.3 is 0 Å². The molecule has 36 heavy (non-hydrogen) atoms. The number of carbonyl (C=O) groups excluding carboxylic acids is 2. The molecule has 9 heteroatoms. The second-order valence-corrected chi connectivity index (χ2v) is 9.24. The van der Waals surface area contributed by atoms with Crippen LogP contribution in [0.4, 0.5) is 5.69 Å². The highest BCUT2D eigenvalue weighted by molar-refractivity contribution is 8.15. The first-order chi connectivity index (χ1) is 17.5. The van der Waals surface area contributed by atoms with E-state index in [-0.39, 0.29) is 18.2 Å². The molecule has 0 saturated carbocycles. The van der Waals surface area contributed by atoms with Crippen LogP contribution >= 0.6 is 11.8 Å². The number of para-hydroxylation sites is 1. The fourth-order valence-corrected chi connectivity index (χ4v) is 4.29. The van der Waals surface area contributed by atoms with E-state index in [9.17, 15) is 9.59 Å². The molecule has 3 aromatic rings. The van der Waals surface area contributed by atoms with Crippen LogP contribution in [0.2, 0.25) is 0 Å². The summed E-state index contributed by atoms with van der Waals surface area (Å²) < 4.78 is 11.4. The van der Waals surface area contributed by atoms with Crippen LogP contribution in [-0.4, -0.2) is 35.6 Å². The first kappa shape index (κ1) is 25.0. The van der Waals surface area contributed by atoms with E-state index in [4.69, 9.17) is 9.47 Å². The van der Waals surface area contributed by atoms with Crippen molar-refractivity contribution in [2.75, 3.05) is 12.4 Å². The number of rotatable bonds is 9. The molecule has 1 aliphatic heterocycles. The van der Waals surface area contributed by atoms with Gasteiger partial charge in [-0.1, -0.05) is 59.8 Å². The number of amides is 2. The Labute approximate surface area is 213 Å². The van der Waals surface area contributed by atoms with Crippen LogP contribution < -0.4 is 20.1 Å². The van der Waals surface area contributed by atoms with Crippen LogP contribution in [-0.2, 0) is 16.2 Å². The minimum Gasteiger partial charge on any atom is -0.493 e. The van der Waals surface area contributed by atoms with E-state index < -0.39 is 5.25 Å². The maximum atomic E-state index is 12.3. The number of thioether (sulfide) groups is 1. The third-order valence-electron chi connectivity index (χ3n) is 5.26. The van der Waals surface area contributed by atoms with Crippen molar-refractivity contribution < 1.29 is 19.1 Å². The maximum Gasteiger partial charge on any atom is 0.240 e. The minimum absolute atomic E-state index is 0.0371. The molecule has 1 aliphatic rings. The van der Waals surface area contributed by atoms with Crippen molar-refractivity contribution in [2.45, 2.75) is 25.2 Å². The number of ether oxygens (including phenoxy) is 2. The van der Waals surface area contributed by atoms with Gasteiger partial charge in [0, 0.05) is 12.1 Å². The van der Waals surface area contributed by atoms with Crippen LogP contribution in [0.25, 0.3) is 0 Å². The van der Waals surface area contributed by atoms with E-state index >= 15 is 0 Å². The average Bonchev–Trinajstić information content (AvgIpc) is 3.23. The second-order valence-electron chi connectivity index (χ2n) is 8.05. The summed E-state index contributed by atoms with van der Waals surface area (Å²) in [4.78, 5) is 24.5. The molecule has 0 radical (unpaired) electrons. The smallest absolute Gasteiger partial charge is 0.240 e. The van der Waals surface area contributed by atoms with Crippen LogP contribution in [0.1, 0.15) is 23.1 Å². The van der Waals surface area contributed by atoms with Gasteiger partial charge in [0.25, 0.3) is 0 Å². The lowest BCUT2D eigenvalue weighted by atomic mass is 10.2. The lowest BCUT2D eigenvalue weighted by molar-refractivity contribution is -0.122. The predicted octanol–water partition coefficient (Wildman–Crippen LogP) is 4.53. The van der Waals surface area contributed by atoms with Crippen LogP contribution in [0, 0.1) is 6.92 Å². The van der Waals surface area contributed by atoms with Gasteiger partial charge in [-0.3, -0.25) is 9.59 Å². The molecule has 2 amide bonds.